The van der Waals surface area contributed by atoms with Crippen LogP contribution in [0.5, 0.6) is 5.75 Å². The molecule has 3 aromatic rings. The number of rotatable bonds is 7. The number of ether oxygens (including phenoxy) is 1. The van der Waals surface area contributed by atoms with E-state index in [1.807, 2.05) is 18.2 Å². The average Bonchev–Trinajstić information content (AvgIpc) is 3.11. The molecule has 8 heteroatoms. The molecule has 2 aromatic carbocycles. The number of methoxy groups -OCH3 is 1. The predicted octanol–water partition coefficient (Wildman–Crippen LogP) is 5.53. The van der Waals surface area contributed by atoms with Crippen molar-refractivity contribution in [2.24, 2.45) is 0 Å². The van der Waals surface area contributed by atoms with Crippen LogP contribution >= 0.6 is 35.0 Å². The Bertz CT molecular complexity index is 929. The highest BCUT2D eigenvalue weighted by atomic mass is 35.5. The van der Waals surface area contributed by atoms with E-state index < -0.39 is 0 Å². The van der Waals surface area contributed by atoms with E-state index in [4.69, 9.17) is 32.5 Å². The molecule has 1 N–H and O–H groups in total. The van der Waals surface area contributed by atoms with Gasteiger partial charge in [-0.2, -0.15) is 0 Å². The molecule has 27 heavy (non-hydrogen) atoms. The van der Waals surface area contributed by atoms with Crippen LogP contribution in [0.1, 0.15) is 5.76 Å². The Labute approximate surface area is 171 Å². The SMILES string of the molecule is COc1ccc(Cl)cc1NC(=O)CSCc1cc(-c2ccc(Cl)cc2)no1. The molecule has 0 spiro atoms. The van der Waals surface area contributed by atoms with Crippen molar-refractivity contribution < 1.29 is 14.1 Å². The molecular formula is C19H16Cl2N2O3S. The second-order valence-corrected chi connectivity index (χ2v) is 7.43. The lowest BCUT2D eigenvalue weighted by Gasteiger charge is -2.10. The minimum atomic E-state index is -0.155. The van der Waals surface area contributed by atoms with Crippen molar-refractivity contribution in [3.8, 4) is 17.0 Å². The van der Waals surface area contributed by atoms with Crippen molar-refractivity contribution in [1.29, 1.82) is 0 Å². The zero-order valence-electron chi connectivity index (χ0n) is 14.4. The van der Waals surface area contributed by atoms with E-state index in [1.165, 1.54) is 18.9 Å². The maximum atomic E-state index is 12.2. The summed E-state index contributed by atoms with van der Waals surface area (Å²) in [6.45, 7) is 0. The third-order valence-electron chi connectivity index (χ3n) is 3.61. The monoisotopic (exact) mass is 422 g/mol. The summed E-state index contributed by atoms with van der Waals surface area (Å²) in [6, 6.07) is 14.3. The molecule has 140 valence electrons. The van der Waals surface area contributed by atoms with Crippen LogP contribution in [-0.4, -0.2) is 23.9 Å². The zero-order chi connectivity index (χ0) is 19.2. The Morgan fingerprint density at radius 2 is 1.89 bits per heavy atom. The van der Waals surface area contributed by atoms with Crippen LogP contribution in [0.25, 0.3) is 11.3 Å². The van der Waals surface area contributed by atoms with E-state index in [-0.39, 0.29) is 11.7 Å². The quantitative estimate of drug-likeness (QED) is 0.542. The first kappa shape index (κ1) is 19.6. The highest BCUT2D eigenvalue weighted by Crippen LogP contribution is 2.28. The van der Waals surface area contributed by atoms with E-state index in [0.717, 1.165) is 11.3 Å². The molecule has 0 saturated heterocycles. The number of nitrogens with zero attached hydrogens (tertiary/aromatic N) is 1. The van der Waals surface area contributed by atoms with Crippen LogP contribution in [0.2, 0.25) is 10.0 Å². The number of amides is 1. The van der Waals surface area contributed by atoms with Gasteiger partial charge in [-0.1, -0.05) is 40.5 Å². The molecule has 3 rings (SSSR count). The van der Waals surface area contributed by atoms with E-state index in [1.54, 1.807) is 30.3 Å². The van der Waals surface area contributed by atoms with Gasteiger partial charge in [0.15, 0.2) is 0 Å². The molecule has 0 aliphatic carbocycles. The van der Waals surface area contributed by atoms with Gasteiger partial charge in [0, 0.05) is 21.7 Å². The maximum absolute atomic E-state index is 12.2. The average molecular weight is 423 g/mol. The molecule has 0 radical (unpaired) electrons. The lowest BCUT2D eigenvalue weighted by Crippen LogP contribution is -2.14. The minimum Gasteiger partial charge on any atom is -0.495 e. The number of benzene rings is 2. The highest BCUT2D eigenvalue weighted by molar-refractivity contribution is 7.99. The number of anilines is 1. The number of nitrogens with one attached hydrogen (secondary N) is 1. The maximum Gasteiger partial charge on any atom is 0.234 e. The lowest BCUT2D eigenvalue weighted by atomic mass is 10.1. The van der Waals surface area contributed by atoms with Gasteiger partial charge in [0.2, 0.25) is 5.91 Å². The van der Waals surface area contributed by atoms with Crippen molar-refractivity contribution in [2.75, 3.05) is 18.2 Å². The number of aromatic nitrogens is 1. The molecule has 0 fully saturated rings. The predicted molar refractivity (Wildman–Crippen MR) is 110 cm³/mol. The molecule has 0 atom stereocenters. The van der Waals surface area contributed by atoms with Crippen molar-refractivity contribution in [3.05, 3.63) is 64.3 Å². The van der Waals surface area contributed by atoms with E-state index >= 15 is 0 Å². The Balaban J connectivity index is 1.52. The molecule has 0 aliphatic heterocycles. The van der Waals surface area contributed by atoms with Crippen molar-refractivity contribution in [3.63, 3.8) is 0 Å². The Kier molecular flexibility index (Phi) is 6.66. The van der Waals surface area contributed by atoms with Crippen molar-refractivity contribution >= 4 is 46.6 Å². The molecule has 0 bridgehead atoms. The minimum absolute atomic E-state index is 0.155. The van der Waals surface area contributed by atoms with E-state index in [9.17, 15) is 4.79 Å². The Morgan fingerprint density at radius 1 is 1.15 bits per heavy atom. The molecule has 0 saturated carbocycles. The fourth-order valence-electron chi connectivity index (χ4n) is 2.35. The van der Waals surface area contributed by atoms with Gasteiger partial charge in [-0.25, -0.2) is 0 Å². The number of hydrogen-bond donors (Lipinski definition) is 1. The second-order valence-electron chi connectivity index (χ2n) is 5.57. The lowest BCUT2D eigenvalue weighted by molar-refractivity contribution is -0.113. The molecular weight excluding hydrogens is 407 g/mol. The summed E-state index contributed by atoms with van der Waals surface area (Å²) in [5.74, 6) is 1.88. The number of hydrogen-bond acceptors (Lipinski definition) is 5. The second kappa shape index (κ2) is 9.17. The third-order valence-corrected chi connectivity index (χ3v) is 5.05. The van der Waals surface area contributed by atoms with Gasteiger partial charge in [-0.15, -0.1) is 11.8 Å². The van der Waals surface area contributed by atoms with Gasteiger partial charge >= 0.3 is 0 Å². The summed E-state index contributed by atoms with van der Waals surface area (Å²) >= 11 is 13.3. The van der Waals surface area contributed by atoms with Gasteiger partial charge < -0.3 is 14.6 Å². The molecule has 5 nitrogen and oxygen atoms in total. The zero-order valence-corrected chi connectivity index (χ0v) is 16.7. The summed E-state index contributed by atoms with van der Waals surface area (Å²) in [5.41, 5.74) is 2.20. The van der Waals surface area contributed by atoms with Crippen molar-refractivity contribution in [2.45, 2.75) is 5.75 Å². The highest BCUT2D eigenvalue weighted by Gasteiger charge is 2.11. The summed E-state index contributed by atoms with van der Waals surface area (Å²) in [5, 5.41) is 8.04. The topological polar surface area (TPSA) is 64.4 Å². The van der Waals surface area contributed by atoms with Crippen LogP contribution in [0.15, 0.2) is 53.1 Å². The molecule has 1 amide bonds. The van der Waals surface area contributed by atoms with Crippen LogP contribution in [-0.2, 0) is 10.5 Å². The van der Waals surface area contributed by atoms with Crippen LogP contribution in [0.3, 0.4) is 0 Å². The van der Waals surface area contributed by atoms with Gasteiger partial charge in [0.1, 0.15) is 17.2 Å². The first-order valence-electron chi connectivity index (χ1n) is 7.98. The normalized spacial score (nSPS) is 10.6. The fraction of sp³-hybridized carbons (Fsp3) is 0.158. The number of carbonyl (C=O) groups is 1. The van der Waals surface area contributed by atoms with Gasteiger partial charge in [0.25, 0.3) is 0 Å². The summed E-state index contributed by atoms with van der Waals surface area (Å²) in [6.07, 6.45) is 0. The summed E-state index contributed by atoms with van der Waals surface area (Å²) in [7, 11) is 1.54. The van der Waals surface area contributed by atoms with Gasteiger partial charge in [0.05, 0.1) is 24.3 Å². The van der Waals surface area contributed by atoms with Gasteiger partial charge in [-0.05, 0) is 30.3 Å². The molecule has 1 heterocycles. The largest absolute Gasteiger partial charge is 0.495 e. The molecule has 0 aliphatic rings. The fourth-order valence-corrected chi connectivity index (χ4v) is 3.34. The smallest absolute Gasteiger partial charge is 0.234 e. The van der Waals surface area contributed by atoms with E-state index in [2.05, 4.69) is 10.5 Å². The van der Waals surface area contributed by atoms with Crippen LogP contribution in [0.4, 0.5) is 5.69 Å². The molecule has 1 aromatic heterocycles. The first-order chi connectivity index (χ1) is 13.0. The van der Waals surface area contributed by atoms with E-state index in [0.29, 0.717) is 33.0 Å². The first-order valence-corrected chi connectivity index (χ1v) is 9.89. The third kappa shape index (κ3) is 5.42. The standard InChI is InChI=1S/C19H16Cl2N2O3S/c1-25-18-7-6-14(21)8-17(18)22-19(24)11-27-10-15-9-16(23-26-15)12-2-4-13(20)5-3-12/h2-9H,10-11H2,1H3,(H,22,24). The molecule has 0 unspecified atom stereocenters. The Hall–Kier alpha value is -2.15. The number of halogens is 2. The van der Waals surface area contributed by atoms with Crippen molar-refractivity contribution in [1.82, 2.24) is 5.16 Å². The summed E-state index contributed by atoms with van der Waals surface area (Å²) < 4.78 is 10.5. The Morgan fingerprint density at radius 3 is 2.63 bits per heavy atom. The summed E-state index contributed by atoms with van der Waals surface area (Å²) in [4.78, 5) is 12.2. The van der Waals surface area contributed by atoms with Gasteiger partial charge in [-0.3, -0.25) is 4.79 Å². The number of carbonyl (C=O) groups excluding carboxylic acids is 1. The van der Waals surface area contributed by atoms with Crippen LogP contribution in [0, 0.1) is 0 Å². The number of thioether (sulfide) groups is 1. The van der Waals surface area contributed by atoms with Crippen LogP contribution < -0.4 is 10.1 Å².